The Morgan fingerprint density at radius 2 is 2.40 bits per heavy atom. The van der Waals surface area contributed by atoms with Crippen LogP contribution in [-0.4, -0.2) is 33.7 Å². The summed E-state index contributed by atoms with van der Waals surface area (Å²) < 4.78 is 5.83. The van der Waals surface area contributed by atoms with Crippen molar-refractivity contribution >= 4 is 29.0 Å². The van der Waals surface area contributed by atoms with Crippen LogP contribution in [0.4, 0.5) is 0 Å². The van der Waals surface area contributed by atoms with E-state index in [1.807, 2.05) is 12.3 Å². The van der Waals surface area contributed by atoms with Gasteiger partial charge < -0.3 is 9.42 Å². The molecule has 1 atom stereocenters. The molecular weight excluding hydrogens is 294 g/mol. The lowest BCUT2D eigenvalue weighted by Crippen LogP contribution is -2.31. The minimum Gasteiger partial charge on any atom is -0.364 e. The highest BCUT2D eigenvalue weighted by Gasteiger charge is 2.20. The molecule has 1 amide bonds. The molecular formula is C13H17N3O2S2. The van der Waals surface area contributed by atoms with E-state index in [1.165, 1.54) is 6.26 Å². The third-order valence-corrected chi connectivity index (χ3v) is 4.94. The van der Waals surface area contributed by atoms with Gasteiger partial charge >= 0.3 is 0 Å². The molecule has 0 saturated carbocycles. The fourth-order valence-corrected chi connectivity index (χ4v) is 3.43. The summed E-state index contributed by atoms with van der Waals surface area (Å²) in [4.78, 5) is 18.4. The van der Waals surface area contributed by atoms with Crippen LogP contribution in [0.25, 0.3) is 0 Å². The zero-order valence-electron chi connectivity index (χ0n) is 11.7. The maximum atomic E-state index is 12.2. The van der Waals surface area contributed by atoms with Crippen molar-refractivity contribution < 1.29 is 9.32 Å². The number of thiazole rings is 1. The second-order valence-electron chi connectivity index (χ2n) is 4.32. The zero-order valence-corrected chi connectivity index (χ0v) is 13.3. The van der Waals surface area contributed by atoms with Gasteiger partial charge in [-0.15, -0.1) is 11.3 Å². The van der Waals surface area contributed by atoms with E-state index < -0.39 is 0 Å². The summed E-state index contributed by atoms with van der Waals surface area (Å²) in [5, 5.41) is 5.82. The first-order valence-corrected chi connectivity index (χ1v) is 8.21. The van der Waals surface area contributed by atoms with E-state index >= 15 is 0 Å². The van der Waals surface area contributed by atoms with Crippen molar-refractivity contribution in [2.75, 3.05) is 12.8 Å². The molecule has 2 aromatic rings. The zero-order chi connectivity index (χ0) is 14.5. The van der Waals surface area contributed by atoms with Crippen LogP contribution in [0, 0.1) is 0 Å². The molecule has 1 unspecified atom stereocenters. The summed E-state index contributed by atoms with van der Waals surface area (Å²) >= 11 is 3.28. The number of thioether (sulfide) groups is 1. The van der Waals surface area contributed by atoms with Crippen molar-refractivity contribution in [3.8, 4) is 0 Å². The van der Waals surface area contributed by atoms with Gasteiger partial charge in [-0.25, -0.2) is 4.98 Å². The lowest BCUT2D eigenvalue weighted by atomic mass is 10.2. The molecule has 2 heterocycles. The molecule has 0 radical (unpaired) electrons. The molecule has 0 saturated heterocycles. The SMILES string of the molecule is CCSc1nc(CC(=O)N(C)C(C)c2ccon2)cs1. The van der Waals surface area contributed by atoms with Gasteiger partial charge in [-0.3, -0.25) is 4.79 Å². The van der Waals surface area contributed by atoms with E-state index in [2.05, 4.69) is 17.1 Å². The van der Waals surface area contributed by atoms with Crippen LogP contribution in [-0.2, 0) is 11.2 Å². The standard InChI is InChI=1S/C13H17N3O2S2/c1-4-19-13-14-10(8-20-13)7-12(17)16(3)9(2)11-5-6-18-15-11/h5-6,8-9H,4,7H2,1-3H3. The van der Waals surface area contributed by atoms with Crippen molar-refractivity contribution in [1.82, 2.24) is 15.0 Å². The molecule has 0 N–H and O–H groups in total. The van der Waals surface area contributed by atoms with Crippen LogP contribution < -0.4 is 0 Å². The Labute approximate surface area is 126 Å². The maximum absolute atomic E-state index is 12.2. The lowest BCUT2D eigenvalue weighted by molar-refractivity contribution is -0.131. The molecule has 108 valence electrons. The van der Waals surface area contributed by atoms with Crippen LogP contribution in [0.5, 0.6) is 0 Å². The molecule has 0 spiro atoms. The number of rotatable bonds is 6. The first kappa shape index (κ1) is 15.1. The molecule has 0 aliphatic carbocycles. The number of hydrogen-bond donors (Lipinski definition) is 0. The van der Waals surface area contributed by atoms with Gasteiger partial charge in [-0.05, 0) is 12.7 Å². The summed E-state index contributed by atoms with van der Waals surface area (Å²) in [6.45, 7) is 4.01. The average Bonchev–Trinajstić information content (AvgIpc) is 3.09. The minimum atomic E-state index is -0.107. The average molecular weight is 311 g/mol. The fourth-order valence-electron chi connectivity index (χ4n) is 1.69. The Morgan fingerprint density at radius 1 is 1.60 bits per heavy atom. The summed E-state index contributed by atoms with van der Waals surface area (Å²) in [5.41, 5.74) is 1.58. The monoisotopic (exact) mass is 311 g/mol. The van der Waals surface area contributed by atoms with Gasteiger partial charge in [0.05, 0.1) is 18.2 Å². The van der Waals surface area contributed by atoms with E-state index in [4.69, 9.17) is 4.52 Å². The molecule has 2 aromatic heterocycles. The fraction of sp³-hybridized carbons (Fsp3) is 0.462. The van der Waals surface area contributed by atoms with Crippen LogP contribution in [0.3, 0.4) is 0 Å². The van der Waals surface area contributed by atoms with Gasteiger partial charge in [0, 0.05) is 18.5 Å². The summed E-state index contributed by atoms with van der Waals surface area (Å²) in [6.07, 6.45) is 1.83. The smallest absolute Gasteiger partial charge is 0.228 e. The normalized spacial score (nSPS) is 12.3. The highest BCUT2D eigenvalue weighted by atomic mass is 32.2. The first-order chi connectivity index (χ1) is 9.61. The minimum absolute atomic E-state index is 0.0267. The highest BCUT2D eigenvalue weighted by Crippen LogP contribution is 2.23. The van der Waals surface area contributed by atoms with Crippen molar-refractivity contribution in [2.45, 2.75) is 30.6 Å². The third kappa shape index (κ3) is 3.61. The van der Waals surface area contributed by atoms with Gasteiger partial charge in [0.25, 0.3) is 0 Å². The predicted molar refractivity (Wildman–Crippen MR) is 79.9 cm³/mol. The van der Waals surface area contributed by atoms with Gasteiger partial charge in [-0.2, -0.15) is 0 Å². The lowest BCUT2D eigenvalue weighted by Gasteiger charge is -2.22. The summed E-state index contributed by atoms with van der Waals surface area (Å²) in [5.74, 6) is 1.02. The van der Waals surface area contributed by atoms with Crippen molar-refractivity contribution in [2.24, 2.45) is 0 Å². The molecule has 7 heteroatoms. The molecule has 2 rings (SSSR count). The van der Waals surface area contributed by atoms with Crippen molar-refractivity contribution in [3.05, 3.63) is 29.1 Å². The summed E-state index contributed by atoms with van der Waals surface area (Å²) in [6, 6.07) is 1.66. The number of carbonyl (C=O) groups excluding carboxylic acids is 1. The van der Waals surface area contributed by atoms with E-state index in [0.29, 0.717) is 6.42 Å². The maximum Gasteiger partial charge on any atom is 0.228 e. The second-order valence-corrected chi connectivity index (χ2v) is 6.69. The van der Waals surface area contributed by atoms with Crippen LogP contribution in [0.1, 0.15) is 31.3 Å². The number of likely N-dealkylation sites (N-methyl/N-ethyl adjacent to an activating group) is 1. The van der Waals surface area contributed by atoms with E-state index in [1.54, 1.807) is 41.1 Å². The number of hydrogen-bond acceptors (Lipinski definition) is 6. The Kier molecular flexibility index (Phi) is 5.19. The van der Waals surface area contributed by atoms with Crippen molar-refractivity contribution in [3.63, 3.8) is 0 Å². The van der Waals surface area contributed by atoms with E-state index in [-0.39, 0.29) is 11.9 Å². The van der Waals surface area contributed by atoms with Crippen LogP contribution in [0.2, 0.25) is 0 Å². The molecule has 0 aromatic carbocycles. The first-order valence-electron chi connectivity index (χ1n) is 6.35. The van der Waals surface area contributed by atoms with Gasteiger partial charge in [0.1, 0.15) is 16.3 Å². The molecule has 0 aliphatic heterocycles. The molecule has 0 fully saturated rings. The van der Waals surface area contributed by atoms with E-state index in [9.17, 15) is 4.79 Å². The summed E-state index contributed by atoms with van der Waals surface area (Å²) in [7, 11) is 1.77. The van der Waals surface area contributed by atoms with Gasteiger partial charge in [0.15, 0.2) is 0 Å². The molecule has 0 aliphatic rings. The van der Waals surface area contributed by atoms with Gasteiger partial charge in [-0.1, -0.05) is 23.8 Å². The highest BCUT2D eigenvalue weighted by molar-refractivity contribution is 8.00. The van der Waals surface area contributed by atoms with Gasteiger partial charge in [0.2, 0.25) is 5.91 Å². The Hall–Kier alpha value is -1.34. The van der Waals surface area contributed by atoms with Crippen LogP contribution in [0.15, 0.2) is 26.6 Å². The topological polar surface area (TPSA) is 59.2 Å². The Bertz CT molecular complexity index is 554. The molecule has 0 bridgehead atoms. The second kappa shape index (κ2) is 6.90. The van der Waals surface area contributed by atoms with Crippen LogP contribution >= 0.6 is 23.1 Å². The molecule has 5 nitrogen and oxygen atoms in total. The largest absolute Gasteiger partial charge is 0.364 e. The number of amides is 1. The third-order valence-electron chi connectivity index (χ3n) is 2.99. The Balaban J connectivity index is 1.96. The number of nitrogens with zero attached hydrogens (tertiary/aromatic N) is 3. The molecule has 20 heavy (non-hydrogen) atoms. The number of aromatic nitrogens is 2. The predicted octanol–water partition coefficient (Wildman–Crippen LogP) is 3.01. The van der Waals surface area contributed by atoms with Crippen molar-refractivity contribution in [1.29, 1.82) is 0 Å². The quantitative estimate of drug-likeness (QED) is 0.768. The Morgan fingerprint density at radius 3 is 3.05 bits per heavy atom. The number of carbonyl (C=O) groups is 1. The van der Waals surface area contributed by atoms with E-state index in [0.717, 1.165) is 21.5 Å².